The zero-order valence-electron chi connectivity index (χ0n) is 25.4. The van der Waals surface area contributed by atoms with Crippen molar-refractivity contribution in [3.8, 4) is 22.3 Å². The summed E-state index contributed by atoms with van der Waals surface area (Å²) in [5.74, 6) is -1.06. The van der Waals surface area contributed by atoms with Gasteiger partial charge in [-0.2, -0.15) is 4.39 Å². The summed E-state index contributed by atoms with van der Waals surface area (Å²) >= 11 is 0. The van der Waals surface area contributed by atoms with Crippen LogP contribution >= 0.6 is 0 Å². The fraction of sp³-hybridized carbons (Fsp3) is 0.344. The van der Waals surface area contributed by atoms with Crippen LogP contribution in [0.4, 0.5) is 10.1 Å². The van der Waals surface area contributed by atoms with Crippen LogP contribution in [-0.4, -0.2) is 70.0 Å². The smallest absolute Gasteiger partial charge is 0.324 e. The number of rotatable bonds is 11. The number of nitrogens with two attached hydrogens (primary N) is 1. The predicted molar refractivity (Wildman–Crippen MR) is 165 cm³/mol. The van der Waals surface area contributed by atoms with E-state index in [1.54, 1.807) is 55.5 Å². The van der Waals surface area contributed by atoms with Crippen LogP contribution in [-0.2, 0) is 14.3 Å². The number of hydrogen-bond donors (Lipinski definition) is 1. The number of halogens is 1. The van der Waals surface area contributed by atoms with Crippen LogP contribution in [0.15, 0.2) is 67.4 Å². The predicted octanol–water partition coefficient (Wildman–Crippen LogP) is 4.82. The highest BCUT2D eigenvalue weighted by Gasteiger charge is 2.23. The molecule has 0 saturated heterocycles. The first-order chi connectivity index (χ1) is 20.4. The van der Waals surface area contributed by atoms with Crippen LogP contribution in [0.2, 0.25) is 0 Å². The molecule has 0 fully saturated rings. The molecule has 0 aliphatic carbocycles. The van der Waals surface area contributed by atoms with E-state index in [0.29, 0.717) is 40.8 Å². The molecule has 0 aliphatic rings. The molecule has 4 heterocycles. The maximum Gasteiger partial charge on any atom is 0.324 e. The molecule has 11 heteroatoms. The van der Waals surface area contributed by atoms with Gasteiger partial charge in [0.05, 0.1) is 11.9 Å². The molecular formula is C32H38FN7O3. The van der Waals surface area contributed by atoms with Crippen LogP contribution in [0.5, 0.6) is 0 Å². The van der Waals surface area contributed by atoms with Crippen LogP contribution in [0, 0.1) is 11.9 Å². The van der Waals surface area contributed by atoms with Crippen LogP contribution < -0.4 is 10.6 Å². The number of hydrogen-bond acceptors (Lipinski definition) is 8. The molecule has 2 N–H and O–H groups in total. The lowest BCUT2D eigenvalue weighted by molar-refractivity contribution is -0.154. The monoisotopic (exact) mass is 587 g/mol. The van der Waals surface area contributed by atoms with E-state index in [1.807, 2.05) is 45.0 Å². The molecule has 43 heavy (non-hydrogen) atoms. The van der Waals surface area contributed by atoms with Crippen molar-refractivity contribution in [3.05, 3.63) is 73.3 Å². The van der Waals surface area contributed by atoms with Crippen molar-refractivity contribution in [1.82, 2.24) is 24.4 Å². The molecule has 226 valence electrons. The molecule has 0 aliphatic heterocycles. The third-order valence-electron chi connectivity index (χ3n) is 6.92. The fourth-order valence-corrected chi connectivity index (χ4v) is 4.66. The van der Waals surface area contributed by atoms with E-state index < -0.39 is 24.2 Å². The average Bonchev–Trinajstić information content (AvgIpc) is 3.35. The Hall–Kier alpha value is -4.48. The molecule has 2 atom stereocenters. The number of carbonyl (C=O) groups excluding carboxylic acids is 2. The van der Waals surface area contributed by atoms with Crippen molar-refractivity contribution in [1.29, 1.82) is 0 Å². The second-order valence-electron chi connectivity index (χ2n) is 11.2. The van der Waals surface area contributed by atoms with E-state index in [-0.39, 0.29) is 11.8 Å². The van der Waals surface area contributed by atoms with E-state index in [4.69, 9.17) is 15.5 Å². The number of aromatic nitrogens is 4. The standard InChI is InChI=1S/C32H38FN7O3/c1-20(2)12-28(34)32(42)43-21(3)40-19-27(22-9-10-36-29(33)15-22)26-14-24(17-37-31(26)40)23-13-25(18-35-16-23)39(6)30(41)8-7-11-38(4)5/h7-10,13-21,28H,11-12,34H2,1-6H3/b8-7+/t21?,28-/m0/s1. The molecule has 1 unspecified atom stereocenters. The van der Waals surface area contributed by atoms with E-state index in [0.717, 1.165) is 11.1 Å². The minimum Gasteiger partial charge on any atom is -0.440 e. The van der Waals surface area contributed by atoms with Crippen LogP contribution in [0.25, 0.3) is 33.3 Å². The minimum absolute atomic E-state index is 0.176. The van der Waals surface area contributed by atoms with E-state index in [9.17, 15) is 14.0 Å². The van der Waals surface area contributed by atoms with Crippen LogP contribution in [0.1, 0.15) is 33.4 Å². The summed E-state index contributed by atoms with van der Waals surface area (Å²) in [6.07, 6.45) is 11.3. The Balaban J connectivity index is 1.72. The van der Waals surface area contributed by atoms with Gasteiger partial charge >= 0.3 is 5.97 Å². The lowest BCUT2D eigenvalue weighted by Gasteiger charge is -2.19. The van der Waals surface area contributed by atoms with Gasteiger partial charge in [0.15, 0.2) is 6.23 Å². The highest BCUT2D eigenvalue weighted by atomic mass is 19.1. The zero-order chi connectivity index (χ0) is 31.3. The highest BCUT2D eigenvalue weighted by Crippen LogP contribution is 2.35. The van der Waals surface area contributed by atoms with Crippen molar-refractivity contribution < 1.29 is 18.7 Å². The lowest BCUT2D eigenvalue weighted by atomic mass is 10.0. The molecular weight excluding hydrogens is 549 g/mol. The number of carbonyl (C=O) groups is 2. The third-order valence-corrected chi connectivity index (χ3v) is 6.92. The Bertz CT molecular complexity index is 1630. The SMILES string of the molecule is CC(C)C[C@H](N)C(=O)OC(C)n1cc(-c2ccnc(F)c2)c2cc(-c3cncc(N(C)C(=O)/C=C/CN(C)C)c3)cnc21. The van der Waals surface area contributed by atoms with Crippen molar-refractivity contribution in [3.63, 3.8) is 0 Å². The van der Waals surface area contributed by atoms with Gasteiger partial charge in [-0.25, -0.2) is 9.97 Å². The number of fused-ring (bicyclic) bond motifs is 1. The number of amides is 1. The van der Waals surface area contributed by atoms with Crippen LogP contribution in [0.3, 0.4) is 0 Å². The Labute approximate surface area is 251 Å². The Morgan fingerprint density at radius 2 is 1.79 bits per heavy atom. The van der Waals surface area contributed by atoms with Gasteiger partial charge in [-0.15, -0.1) is 0 Å². The third kappa shape index (κ3) is 7.68. The molecule has 4 aromatic rings. The maximum absolute atomic E-state index is 14.2. The van der Waals surface area contributed by atoms with Gasteiger partial charge < -0.3 is 20.3 Å². The number of nitrogens with zero attached hydrogens (tertiary/aromatic N) is 6. The number of anilines is 1. The molecule has 0 spiro atoms. The Morgan fingerprint density at radius 3 is 2.49 bits per heavy atom. The minimum atomic E-state index is -0.745. The van der Waals surface area contributed by atoms with Crippen molar-refractivity contribution in [2.24, 2.45) is 11.7 Å². The molecule has 10 nitrogen and oxygen atoms in total. The summed E-state index contributed by atoms with van der Waals surface area (Å²) in [7, 11) is 5.55. The second kappa shape index (κ2) is 13.7. The summed E-state index contributed by atoms with van der Waals surface area (Å²) in [5, 5.41) is 0.707. The topological polar surface area (TPSA) is 119 Å². The van der Waals surface area contributed by atoms with Gasteiger partial charge in [0, 0.05) is 72.6 Å². The number of ether oxygens (including phenoxy) is 1. The lowest BCUT2D eigenvalue weighted by Crippen LogP contribution is -2.34. The summed E-state index contributed by atoms with van der Waals surface area (Å²) in [6, 6.07) is 6.08. The van der Waals surface area contributed by atoms with E-state index >= 15 is 0 Å². The van der Waals surface area contributed by atoms with Gasteiger partial charge in [0.2, 0.25) is 11.9 Å². The quantitative estimate of drug-likeness (QED) is 0.151. The fourth-order valence-electron chi connectivity index (χ4n) is 4.66. The first-order valence-corrected chi connectivity index (χ1v) is 14.1. The van der Waals surface area contributed by atoms with E-state index in [2.05, 4.69) is 9.97 Å². The number of esters is 1. The summed E-state index contributed by atoms with van der Waals surface area (Å²) < 4.78 is 21.6. The number of likely N-dealkylation sites (N-methyl/N-ethyl adjacent to an activating group) is 2. The molecule has 0 radical (unpaired) electrons. The summed E-state index contributed by atoms with van der Waals surface area (Å²) in [4.78, 5) is 41.7. The maximum atomic E-state index is 14.2. The molecule has 0 bridgehead atoms. The van der Waals surface area contributed by atoms with Crippen molar-refractivity contribution in [2.75, 3.05) is 32.6 Å². The van der Waals surface area contributed by atoms with Gasteiger partial charge in [-0.3, -0.25) is 19.1 Å². The largest absolute Gasteiger partial charge is 0.440 e. The Morgan fingerprint density at radius 1 is 1.05 bits per heavy atom. The van der Waals surface area contributed by atoms with Gasteiger partial charge in [-0.05, 0) is 57.1 Å². The molecule has 4 rings (SSSR count). The average molecular weight is 588 g/mol. The van der Waals surface area contributed by atoms with Gasteiger partial charge in [0.1, 0.15) is 11.7 Å². The van der Waals surface area contributed by atoms with E-state index in [1.165, 1.54) is 23.2 Å². The zero-order valence-corrected chi connectivity index (χ0v) is 25.4. The Kier molecular flexibility index (Phi) is 9.99. The van der Waals surface area contributed by atoms with Gasteiger partial charge in [0.25, 0.3) is 0 Å². The van der Waals surface area contributed by atoms with Crippen molar-refractivity contribution in [2.45, 2.75) is 39.5 Å². The summed E-state index contributed by atoms with van der Waals surface area (Å²) in [5.41, 5.74) is 9.96. The van der Waals surface area contributed by atoms with Gasteiger partial charge in [-0.1, -0.05) is 19.9 Å². The van der Waals surface area contributed by atoms with Crippen molar-refractivity contribution >= 4 is 28.6 Å². The molecule has 1 amide bonds. The second-order valence-corrected chi connectivity index (χ2v) is 11.2. The normalized spacial score (nSPS) is 13.2. The molecule has 0 saturated carbocycles. The first-order valence-electron chi connectivity index (χ1n) is 14.1. The molecule has 0 aromatic carbocycles. The highest BCUT2D eigenvalue weighted by molar-refractivity contribution is 6.01. The first kappa shape index (κ1) is 31.5. The molecule has 4 aromatic heterocycles. The number of pyridine rings is 3. The summed E-state index contributed by atoms with van der Waals surface area (Å²) in [6.45, 7) is 6.36.